The van der Waals surface area contributed by atoms with Crippen molar-refractivity contribution in [1.82, 2.24) is 4.90 Å². The van der Waals surface area contributed by atoms with Crippen molar-refractivity contribution in [2.75, 3.05) is 24.4 Å². The molecule has 0 aromatic heterocycles. The van der Waals surface area contributed by atoms with Gasteiger partial charge in [0, 0.05) is 18.5 Å². The maximum Gasteiger partial charge on any atom is 0.411 e. The van der Waals surface area contributed by atoms with Gasteiger partial charge in [-0.2, -0.15) is 0 Å². The molecule has 9 heteroatoms. The summed E-state index contributed by atoms with van der Waals surface area (Å²) < 4.78 is 23.7. The Hall–Kier alpha value is -4.24. The number of ether oxygens (including phenoxy) is 2. The lowest BCUT2D eigenvalue weighted by Gasteiger charge is -2.24. The van der Waals surface area contributed by atoms with Crippen LogP contribution in [0.5, 0.6) is 0 Å². The highest BCUT2D eigenvalue weighted by Crippen LogP contribution is 2.35. The van der Waals surface area contributed by atoms with Crippen molar-refractivity contribution >= 4 is 29.3 Å². The summed E-state index contributed by atoms with van der Waals surface area (Å²) in [6.07, 6.45) is -1.52. The van der Waals surface area contributed by atoms with E-state index >= 15 is 0 Å². The summed E-state index contributed by atoms with van der Waals surface area (Å²) in [5, 5.41) is 5.44. The Morgan fingerprint density at radius 1 is 0.943 bits per heavy atom. The summed E-state index contributed by atoms with van der Waals surface area (Å²) in [6, 6.07) is 20.3. The number of amides is 3. The van der Waals surface area contributed by atoms with E-state index in [1.807, 2.05) is 30.3 Å². The zero-order chi connectivity index (χ0) is 24.8. The molecule has 1 aliphatic rings. The lowest BCUT2D eigenvalue weighted by atomic mass is 10.00. The second-order valence-corrected chi connectivity index (χ2v) is 7.96. The maximum absolute atomic E-state index is 13.4. The summed E-state index contributed by atoms with van der Waals surface area (Å²) in [4.78, 5) is 39.4. The standard InChI is InChI=1S/C26H24FN3O5/c1-34-16-22(31)28-20-11-7-18(8-12-20)24-23(25(32)29-21-13-9-19(27)10-14-21)30(26(33)35-24)15-17-5-3-2-4-6-17/h2-14,23-24H,15-16H2,1H3,(H,28,31)(H,29,32). The van der Waals surface area contributed by atoms with Gasteiger partial charge in [0.25, 0.3) is 5.91 Å². The van der Waals surface area contributed by atoms with Gasteiger partial charge in [-0.05, 0) is 47.5 Å². The molecule has 0 saturated carbocycles. The quantitative estimate of drug-likeness (QED) is 0.509. The summed E-state index contributed by atoms with van der Waals surface area (Å²) in [7, 11) is 1.43. The first-order chi connectivity index (χ1) is 16.9. The van der Waals surface area contributed by atoms with Gasteiger partial charge in [-0.3, -0.25) is 14.5 Å². The Balaban J connectivity index is 1.60. The van der Waals surface area contributed by atoms with Gasteiger partial charge in [-0.25, -0.2) is 9.18 Å². The second-order valence-electron chi connectivity index (χ2n) is 7.96. The molecule has 3 aromatic rings. The molecule has 3 aromatic carbocycles. The predicted molar refractivity (Wildman–Crippen MR) is 127 cm³/mol. The number of rotatable bonds is 8. The van der Waals surface area contributed by atoms with Crippen LogP contribution in [0.3, 0.4) is 0 Å². The number of nitrogens with zero attached hydrogens (tertiary/aromatic N) is 1. The normalized spacial score (nSPS) is 17.1. The number of anilines is 2. The average Bonchev–Trinajstić information content (AvgIpc) is 3.17. The number of methoxy groups -OCH3 is 1. The molecule has 8 nitrogen and oxygen atoms in total. The van der Waals surface area contributed by atoms with E-state index in [4.69, 9.17) is 9.47 Å². The van der Waals surface area contributed by atoms with Crippen molar-refractivity contribution in [3.8, 4) is 0 Å². The zero-order valence-electron chi connectivity index (χ0n) is 18.9. The molecular formula is C26H24FN3O5. The first-order valence-corrected chi connectivity index (χ1v) is 10.9. The summed E-state index contributed by atoms with van der Waals surface area (Å²) in [5.74, 6) is -1.21. The van der Waals surface area contributed by atoms with Crippen molar-refractivity contribution in [2.24, 2.45) is 0 Å². The Morgan fingerprint density at radius 3 is 2.23 bits per heavy atom. The number of nitrogens with one attached hydrogen (secondary N) is 2. The SMILES string of the molecule is COCC(=O)Nc1ccc(C2OC(=O)N(Cc3ccccc3)C2C(=O)Nc2ccc(F)cc2)cc1. The molecule has 0 bridgehead atoms. The number of benzene rings is 3. The van der Waals surface area contributed by atoms with Gasteiger partial charge in [-0.15, -0.1) is 0 Å². The minimum Gasteiger partial charge on any atom is -0.438 e. The van der Waals surface area contributed by atoms with Gasteiger partial charge in [0.1, 0.15) is 12.4 Å². The first-order valence-electron chi connectivity index (χ1n) is 10.9. The second kappa shape index (κ2) is 10.8. The van der Waals surface area contributed by atoms with Crippen molar-refractivity contribution < 1.29 is 28.2 Å². The van der Waals surface area contributed by atoms with Crippen LogP contribution < -0.4 is 10.6 Å². The number of cyclic esters (lactones) is 1. The molecule has 0 aliphatic carbocycles. The van der Waals surface area contributed by atoms with E-state index in [0.29, 0.717) is 16.9 Å². The molecule has 2 atom stereocenters. The molecule has 1 aliphatic heterocycles. The van der Waals surface area contributed by atoms with Crippen LogP contribution in [0, 0.1) is 5.82 Å². The summed E-state index contributed by atoms with van der Waals surface area (Å²) >= 11 is 0. The van der Waals surface area contributed by atoms with Crippen molar-refractivity contribution in [1.29, 1.82) is 0 Å². The van der Waals surface area contributed by atoms with Gasteiger partial charge in [0.05, 0.1) is 6.54 Å². The fraction of sp³-hybridized carbons (Fsp3) is 0.192. The molecule has 4 rings (SSSR count). The number of hydrogen-bond acceptors (Lipinski definition) is 5. The van der Waals surface area contributed by atoms with Gasteiger partial charge < -0.3 is 20.1 Å². The molecule has 1 heterocycles. The van der Waals surface area contributed by atoms with Crippen LogP contribution in [-0.4, -0.2) is 42.6 Å². The van der Waals surface area contributed by atoms with E-state index in [2.05, 4.69) is 10.6 Å². The molecule has 0 radical (unpaired) electrons. The number of carbonyl (C=O) groups is 3. The van der Waals surface area contributed by atoms with Crippen LogP contribution in [0.15, 0.2) is 78.9 Å². The third-order valence-corrected chi connectivity index (χ3v) is 5.46. The highest BCUT2D eigenvalue weighted by Gasteiger charge is 2.47. The minimum absolute atomic E-state index is 0.0813. The lowest BCUT2D eigenvalue weighted by Crippen LogP contribution is -2.43. The summed E-state index contributed by atoms with van der Waals surface area (Å²) in [6.45, 7) is 0.0882. The molecule has 2 unspecified atom stereocenters. The fourth-order valence-electron chi connectivity index (χ4n) is 3.82. The van der Waals surface area contributed by atoms with Crippen LogP contribution in [-0.2, 0) is 25.6 Å². The topological polar surface area (TPSA) is 97.0 Å². The largest absolute Gasteiger partial charge is 0.438 e. The van der Waals surface area contributed by atoms with Crippen LogP contribution >= 0.6 is 0 Å². The zero-order valence-corrected chi connectivity index (χ0v) is 18.9. The van der Waals surface area contributed by atoms with E-state index in [0.717, 1.165) is 5.56 Å². The van der Waals surface area contributed by atoms with Crippen molar-refractivity contribution in [3.05, 3.63) is 95.8 Å². The van der Waals surface area contributed by atoms with Crippen molar-refractivity contribution in [3.63, 3.8) is 0 Å². The number of halogens is 1. The van der Waals surface area contributed by atoms with E-state index < -0.39 is 30.0 Å². The third-order valence-electron chi connectivity index (χ3n) is 5.46. The van der Waals surface area contributed by atoms with Crippen LogP contribution in [0.25, 0.3) is 0 Å². The molecule has 180 valence electrons. The lowest BCUT2D eigenvalue weighted by molar-refractivity contribution is -0.121. The van der Waals surface area contributed by atoms with Gasteiger partial charge in [0.15, 0.2) is 12.1 Å². The molecule has 3 amide bonds. The fourth-order valence-corrected chi connectivity index (χ4v) is 3.82. The Bertz CT molecular complexity index is 1190. The van der Waals surface area contributed by atoms with E-state index in [1.165, 1.54) is 36.3 Å². The van der Waals surface area contributed by atoms with E-state index in [-0.39, 0.29) is 19.1 Å². The molecule has 2 N–H and O–H groups in total. The summed E-state index contributed by atoms with van der Waals surface area (Å²) in [5.41, 5.74) is 2.35. The molecule has 0 spiro atoms. The average molecular weight is 477 g/mol. The Kier molecular flexibility index (Phi) is 7.37. The van der Waals surface area contributed by atoms with Crippen LogP contribution in [0.4, 0.5) is 20.6 Å². The molecule has 35 heavy (non-hydrogen) atoms. The third kappa shape index (κ3) is 5.82. The number of hydrogen-bond donors (Lipinski definition) is 2. The first kappa shape index (κ1) is 23.9. The molecule has 1 fully saturated rings. The predicted octanol–water partition coefficient (Wildman–Crippen LogP) is 4.11. The van der Waals surface area contributed by atoms with Crippen LogP contribution in [0.1, 0.15) is 17.2 Å². The molecular weight excluding hydrogens is 453 g/mol. The monoisotopic (exact) mass is 477 g/mol. The smallest absolute Gasteiger partial charge is 0.411 e. The van der Waals surface area contributed by atoms with Gasteiger partial charge in [0.2, 0.25) is 5.91 Å². The van der Waals surface area contributed by atoms with E-state index in [1.54, 1.807) is 24.3 Å². The Morgan fingerprint density at radius 2 is 1.57 bits per heavy atom. The van der Waals surface area contributed by atoms with E-state index in [9.17, 15) is 18.8 Å². The minimum atomic E-state index is -0.985. The van der Waals surface area contributed by atoms with Gasteiger partial charge >= 0.3 is 6.09 Å². The van der Waals surface area contributed by atoms with Crippen molar-refractivity contribution in [2.45, 2.75) is 18.7 Å². The highest BCUT2D eigenvalue weighted by atomic mass is 19.1. The molecule has 1 saturated heterocycles. The van der Waals surface area contributed by atoms with Crippen LogP contribution in [0.2, 0.25) is 0 Å². The van der Waals surface area contributed by atoms with Gasteiger partial charge in [-0.1, -0.05) is 42.5 Å². The highest BCUT2D eigenvalue weighted by molar-refractivity contribution is 5.98. The maximum atomic E-state index is 13.4. The Labute approximate surface area is 201 Å². The number of carbonyl (C=O) groups excluding carboxylic acids is 3.